The van der Waals surface area contributed by atoms with E-state index in [9.17, 15) is 5.11 Å². The van der Waals surface area contributed by atoms with Gasteiger partial charge in [0.1, 0.15) is 5.75 Å². The molecule has 0 heterocycles. The van der Waals surface area contributed by atoms with Crippen molar-refractivity contribution in [2.75, 3.05) is 0 Å². The number of para-hydroxylation sites is 1. The molecule has 24 heavy (non-hydrogen) atoms. The lowest BCUT2D eigenvalue weighted by molar-refractivity contribution is 0.365. The van der Waals surface area contributed by atoms with Gasteiger partial charge in [-0.25, -0.2) is 0 Å². The van der Waals surface area contributed by atoms with Gasteiger partial charge in [-0.1, -0.05) is 110 Å². The topological polar surface area (TPSA) is 20.2 Å². The fraction of sp³-hybridized carbons (Fsp3) is 0.739. The van der Waals surface area contributed by atoms with E-state index in [2.05, 4.69) is 32.9 Å². The lowest BCUT2D eigenvalue weighted by atomic mass is 9.80. The van der Waals surface area contributed by atoms with Gasteiger partial charge in [-0.3, -0.25) is 0 Å². The SMILES string of the molecule is CCCCCCCCCC(c1ccccc1O)C(C)CCCCC. The van der Waals surface area contributed by atoms with Crippen molar-refractivity contribution in [3.8, 4) is 5.75 Å². The third-order valence-corrected chi connectivity index (χ3v) is 5.40. The van der Waals surface area contributed by atoms with Crippen LogP contribution in [0.15, 0.2) is 24.3 Å². The zero-order valence-electron chi connectivity index (χ0n) is 16.4. The van der Waals surface area contributed by atoms with Crippen LogP contribution in [0.2, 0.25) is 0 Å². The zero-order valence-corrected chi connectivity index (χ0v) is 16.4. The molecule has 0 aliphatic heterocycles. The molecule has 0 aliphatic carbocycles. The number of unbranched alkanes of at least 4 members (excludes halogenated alkanes) is 8. The van der Waals surface area contributed by atoms with Gasteiger partial charge < -0.3 is 5.11 Å². The van der Waals surface area contributed by atoms with E-state index in [1.54, 1.807) is 0 Å². The summed E-state index contributed by atoms with van der Waals surface area (Å²) >= 11 is 0. The van der Waals surface area contributed by atoms with Gasteiger partial charge >= 0.3 is 0 Å². The predicted molar refractivity (Wildman–Crippen MR) is 107 cm³/mol. The molecule has 1 heteroatoms. The molecule has 0 aliphatic rings. The Morgan fingerprint density at radius 2 is 1.29 bits per heavy atom. The Morgan fingerprint density at radius 3 is 1.96 bits per heavy atom. The van der Waals surface area contributed by atoms with Crippen LogP contribution in [0.25, 0.3) is 0 Å². The summed E-state index contributed by atoms with van der Waals surface area (Å²) in [6, 6.07) is 8.00. The Kier molecular flexibility index (Phi) is 11.7. The monoisotopic (exact) mass is 332 g/mol. The minimum atomic E-state index is 0.493. The van der Waals surface area contributed by atoms with Crippen LogP contribution in [0.3, 0.4) is 0 Å². The van der Waals surface area contributed by atoms with Crippen molar-refractivity contribution in [2.24, 2.45) is 5.92 Å². The first-order valence-electron chi connectivity index (χ1n) is 10.5. The van der Waals surface area contributed by atoms with Crippen LogP contribution in [0.1, 0.15) is 109 Å². The molecule has 0 saturated carbocycles. The van der Waals surface area contributed by atoms with E-state index < -0.39 is 0 Å². The first-order chi connectivity index (χ1) is 11.7. The summed E-state index contributed by atoms with van der Waals surface area (Å²) in [7, 11) is 0. The number of phenolic OH excluding ortho intramolecular Hbond substituents is 1. The van der Waals surface area contributed by atoms with Crippen LogP contribution in [0.4, 0.5) is 0 Å². The van der Waals surface area contributed by atoms with E-state index in [4.69, 9.17) is 0 Å². The molecule has 1 nitrogen and oxygen atoms in total. The Morgan fingerprint density at radius 1 is 0.750 bits per heavy atom. The normalized spacial score (nSPS) is 13.8. The fourth-order valence-corrected chi connectivity index (χ4v) is 3.79. The molecule has 0 bridgehead atoms. The molecule has 1 rings (SSSR count). The first-order valence-corrected chi connectivity index (χ1v) is 10.5. The molecular formula is C23H40O. The summed E-state index contributed by atoms with van der Waals surface area (Å²) in [5, 5.41) is 10.3. The smallest absolute Gasteiger partial charge is 0.119 e. The number of benzene rings is 1. The van der Waals surface area contributed by atoms with E-state index in [1.165, 1.54) is 82.6 Å². The molecule has 0 amide bonds. The molecule has 0 radical (unpaired) electrons. The van der Waals surface area contributed by atoms with E-state index in [0.29, 0.717) is 17.6 Å². The fourth-order valence-electron chi connectivity index (χ4n) is 3.79. The Labute approximate surface area is 150 Å². The second kappa shape index (κ2) is 13.3. The molecule has 2 atom stereocenters. The standard InChI is InChI=1S/C23H40O/c1-4-6-8-9-10-11-13-17-21(20(3)16-12-7-5-2)22-18-14-15-19-23(22)24/h14-15,18-21,24H,4-13,16-17H2,1-3H3. The third-order valence-electron chi connectivity index (χ3n) is 5.40. The Bertz CT molecular complexity index is 412. The van der Waals surface area contributed by atoms with Gasteiger partial charge in [0.25, 0.3) is 0 Å². The quantitative estimate of drug-likeness (QED) is 0.344. The molecule has 0 fully saturated rings. The van der Waals surface area contributed by atoms with E-state index in [0.717, 1.165) is 0 Å². The van der Waals surface area contributed by atoms with E-state index in [-0.39, 0.29) is 0 Å². The second-order valence-corrected chi connectivity index (χ2v) is 7.55. The van der Waals surface area contributed by atoms with Crippen LogP contribution >= 0.6 is 0 Å². The highest BCUT2D eigenvalue weighted by Gasteiger charge is 2.21. The number of rotatable bonds is 14. The average molecular weight is 333 g/mol. The summed E-state index contributed by atoms with van der Waals surface area (Å²) in [6.07, 6.45) is 15.9. The Hall–Kier alpha value is -0.980. The highest BCUT2D eigenvalue weighted by Crippen LogP contribution is 2.37. The van der Waals surface area contributed by atoms with Crippen molar-refractivity contribution < 1.29 is 5.11 Å². The van der Waals surface area contributed by atoms with Crippen molar-refractivity contribution in [1.82, 2.24) is 0 Å². The summed E-state index contributed by atoms with van der Waals surface area (Å²) in [6.45, 7) is 6.93. The lowest BCUT2D eigenvalue weighted by Crippen LogP contribution is -2.11. The summed E-state index contributed by atoms with van der Waals surface area (Å²) in [5.41, 5.74) is 1.17. The van der Waals surface area contributed by atoms with Gasteiger partial charge in [-0.05, 0) is 29.9 Å². The van der Waals surface area contributed by atoms with E-state index >= 15 is 0 Å². The highest BCUT2D eigenvalue weighted by atomic mass is 16.3. The van der Waals surface area contributed by atoms with Gasteiger partial charge in [0.05, 0.1) is 0 Å². The average Bonchev–Trinajstić information content (AvgIpc) is 2.58. The minimum Gasteiger partial charge on any atom is -0.508 e. The summed E-state index contributed by atoms with van der Waals surface area (Å²) < 4.78 is 0. The number of hydrogen-bond acceptors (Lipinski definition) is 1. The molecule has 1 N–H and O–H groups in total. The van der Waals surface area contributed by atoms with Crippen molar-refractivity contribution in [2.45, 2.75) is 104 Å². The van der Waals surface area contributed by atoms with Crippen LogP contribution in [-0.4, -0.2) is 5.11 Å². The largest absolute Gasteiger partial charge is 0.508 e. The van der Waals surface area contributed by atoms with Gasteiger partial charge in [-0.15, -0.1) is 0 Å². The number of phenols is 1. The van der Waals surface area contributed by atoms with Crippen molar-refractivity contribution in [3.63, 3.8) is 0 Å². The van der Waals surface area contributed by atoms with Crippen LogP contribution in [0.5, 0.6) is 5.75 Å². The molecule has 0 saturated heterocycles. The zero-order chi connectivity index (χ0) is 17.6. The van der Waals surface area contributed by atoms with Gasteiger partial charge in [0.2, 0.25) is 0 Å². The predicted octanol–water partition coefficient (Wildman–Crippen LogP) is 7.83. The van der Waals surface area contributed by atoms with Crippen LogP contribution < -0.4 is 0 Å². The maximum atomic E-state index is 10.3. The van der Waals surface area contributed by atoms with Crippen LogP contribution in [0, 0.1) is 5.92 Å². The first kappa shape index (κ1) is 21.1. The summed E-state index contributed by atoms with van der Waals surface area (Å²) in [4.78, 5) is 0. The number of hydrogen-bond donors (Lipinski definition) is 1. The van der Waals surface area contributed by atoms with Crippen LogP contribution in [-0.2, 0) is 0 Å². The molecule has 1 aromatic carbocycles. The number of aromatic hydroxyl groups is 1. The molecule has 0 aromatic heterocycles. The highest BCUT2D eigenvalue weighted by molar-refractivity contribution is 5.35. The Balaban J connectivity index is 2.50. The molecule has 0 spiro atoms. The van der Waals surface area contributed by atoms with Crippen molar-refractivity contribution in [3.05, 3.63) is 29.8 Å². The van der Waals surface area contributed by atoms with Crippen molar-refractivity contribution in [1.29, 1.82) is 0 Å². The molecule has 138 valence electrons. The third kappa shape index (κ3) is 8.22. The van der Waals surface area contributed by atoms with Gasteiger partial charge in [-0.2, -0.15) is 0 Å². The van der Waals surface area contributed by atoms with Gasteiger partial charge in [0, 0.05) is 0 Å². The lowest BCUT2D eigenvalue weighted by Gasteiger charge is -2.25. The minimum absolute atomic E-state index is 0.493. The van der Waals surface area contributed by atoms with E-state index in [1.807, 2.05) is 12.1 Å². The molecule has 1 aromatic rings. The van der Waals surface area contributed by atoms with Crippen molar-refractivity contribution >= 4 is 0 Å². The summed E-state index contributed by atoms with van der Waals surface area (Å²) in [5.74, 6) is 1.66. The second-order valence-electron chi connectivity index (χ2n) is 7.55. The maximum Gasteiger partial charge on any atom is 0.119 e. The molecule has 2 unspecified atom stereocenters. The maximum absolute atomic E-state index is 10.3. The van der Waals surface area contributed by atoms with Gasteiger partial charge in [0.15, 0.2) is 0 Å². The molecular weight excluding hydrogens is 292 g/mol.